The van der Waals surface area contributed by atoms with Gasteiger partial charge >= 0.3 is 0 Å². The van der Waals surface area contributed by atoms with Crippen molar-refractivity contribution in [2.45, 2.75) is 19.8 Å². The number of piperazine rings is 1. The lowest BCUT2D eigenvalue weighted by Crippen LogP contribution is -2.49. The van der Waals surface area contributed by atoms with Crippen LogP contribution in [0.5, 0.6) is 0 Å². The van der Waals surface area contributed by atoms with Gasteiger partial charge in [-0.15, -0.1) is 10.2 Å². The standard InChI is InChI=1S/C21H25Cl2N5O/c1-15-6-8-26(9-7-15)19-4-5-20(25-24-19)27-10-12-28(13-11-27)21(29)17-3-2-16(22)14-18(17)23/h2-5,14-15H,6-13H2,1H3. The maximum atomic E-state index is 12.8. The van der Waals surface area contributed by atoms with Gasteiger partial charge < -0.3 is 14.7 Å². The molecule has 1 amide bonds. The number of anilines is 2. The van der Waals surface area contributed by atoms with Crippen LogP contribution in [0, 0.1) is 5.92 Å². The molecule has 2 saturated heterocycles. The van der Waals surface area contributed by atoms with Crippen molar-refractivity contribution in [3.05, 3.63) is 45.9 Å². The lowest BCUT2D eigenvalue weighted by Gasteiger charge is -2.35. The molecule has 0 bridgehead atoms. The smallest absolute Gasteiger partial charge is 0.255 e. The predicted molar refractivity (Wildman–Crippen MR) is 117 cm³/mol. The fraction of sp³-hybridized carbons (Fsp3) is 0.476. The van der Waals surface area contributed by atoms with Crippen LogP contribution in [0.1, 0.15) is 30.1 Å². The fourth-order valence-electron chi connectivity index (χ4n) is 3.87. The maximum Gasteiger partial charge on any atom is 0.255 e. The quantitative estimate of drug-likeness (QED) is 0.732. The summed E-state index contributed by atoms with van der Waals surface area (Å²) in [5, 5.41) is 9.80. The number of aromatic nitrogens is 2. The highest BCUT2D eigenvalue weighted by Crippen LogP contribution is 2.24. The van der Waals surface area contributed by atoms with E-state index in [1.54, 1.807) is 18.2 Å². The molecular weight excluding hydrogens is 409 g/mol. The first-order chi connectivity index (χ1) is 14.0. The predicted octanol–water partition coefficient (Wildman–Crippen LogP) is 3.98. The van der Waals surface area contributed by atoms with Crippen LogP contribution in [0.2, 0.25) is 10.0 Å². The molecule has 1 aromatic carbocycles. The van der Waals surface area contributed by atoms with E-state index in [4.69, 9.17) is 23.2 Å². The summed E-state index contributed by atoms with van der Waals surface area (Å²) in [7, 11) is 0. The van der Waals surface area contributed by atoms with Crippen molar-refractivity contribution in [2.75, 3.05) is 49.1 Å². The number of carbonyl (C=O) groups excluding carboxylic acids is 1. The number of carbonyl (C=O) groups is 1. The molecule has 2 aliphatic rings. The molecule has 2 aliphatic heterocycles. The summed E-state index contributed by atoms with van der Waals surface area (Å²) in [4.78, 5) is 19.1. The molecule has 154 valence electrons. The molecule has 0 atom stereocenters. The largest absolute Gasteiger partial charge is 0.355 e. The number of halogens is 2. The van der Waals surface area contributed by atoms with Gasteiger partial charge in [0.05, 0.1) is 10.6 Å². The molecule has 0 radical (unpaired) electrons. The van der Waals surface area contributed by atoms with E-state index in [0.29, 0.717) is 41.8 Å². The van der Waals surface area contributed by atoms with Crippen LogP contribution in [0.3, 0.4) is 0 Å². The summed E-state index contributed by atoms with van der Waals surface area (Å²) in [5.41, 5.74) is 0.490. The molecule has 8 heteroatoms. The second kappa shape index (κ2) is 8.76. The highest BCUT2D eigenvalue weighted by molar-refractivity contribution is 6.36. The van der Waals surface area contributed by atoms with Crippen molar-refractivity contribution in [3.8, 4) is 0 Å². The van der Waals surface area contributed by atoms with Crippen LogP contribution >= 0.6 is 23.2 Å². The first-order valence-electron chi connectivity index (χ1n) is 10.1. The van der Waals surface area contributed by atoms with Crippen molar-refractivity contribution >= 4 is 40.7 Å². The van der Waals surface area contributed by atoms with Crippen LogP contribution in [-0.4, -0.2) is 60.3 Å². The maximum absolute atomic E-state index is 12.8. The van der Waals surface area contributed by atoms with Crippen molar-refractivity contribution in [2.24, 2.45) is 5.92 Å². The minimum atomic E-state index is -0.0629. The van der Waals surface area contributed by atoms with Gasteiger partial charge in [0.15, 0.2) is 11.6 Å². The van der Waals surface area contributed by atoms with Crippen molar-refractivity contribution in [1.29, 1.82) is 0 Å². The molecule has 29 heavy (non-hydrogen) atoms. The van der Waals surface area contributed by atoms with E-state index in [2.05, 4.69) is 33.0 Å². The lowest BCUT2D eigenvalue weighted by molar-refractivity contribution is 0.0746. The van der Waals surface area contributed by atoms with Crippen molar-refractivity contribution in [1.82, 2.24) is 15.1 Å². The van der Waals surface area contributed by atoms with Crippen molar-refractivity contribution in [3.63, 3.8) is 0 Å². The summed E-state index contributed by atoms with van der Waals surface area (Å²) in [6.07, 6.45) is 2.41. The van der Waals surface area contributed by atoms with Crippen LogP contribution in [-0.2, 0) is 0 Å². The van der Waals surface area contributed by atoms with Gasteiger partial charge in [-0.25, -0.2) is 0 Å². The number of benzene rings is 1. The van der Waals surface area contributed by atoms with E-state index < -0.39 is 0 Å². The number of amides is 1. The number of piperidine rings is 1. The average molecular weight is 434 g/mol. The molecule has 0 N–H and O–H groups in total. The third kappa shape index (κ3) is 4.59. The molecule has 0 unspecified atom stereocenters. The second-order valence-corrected chi connectivity index (χ2v) is 8.67. The molecule has 0 aliphatic carbocycles. The number of hydrogen-bond acceptors (Lipinski definition) is 5. The number of rotatable bonds is 3. The monoisotopic (exact) mass is 433 g/mol. The Kier molecular flexibility index (Phi) is 6.11. The average Bonchev–Trinajstić information content (AvgIpc) is 2.74. The molecule has 2 fully saturated rings. The molecular formula is C21H25Cl2N5O. The third-order valence-corrected chi connectivity index (χ3v) is 6.34. The summed E-state index contributed by atoms with van der Waals surface area (Å²) < 4.78 is 0. The first kappa shape index (κ1) is 20.2. The third-order valence-electron chi connectivity index (χ3n) is 5.80. The molecule has 1 aromatic heterocycles. The molecule has 0 spiro atoms. The molecule has 0 saturated carbocycles. The van der Waals surface area contributed by atoms with Gasteiger partial charge in [0.2, 0.25) is 0 Å². The molecule has 2 aromatic rings. The Hall–Kier alpha value is -2.05. The molecule has 4 rings (SSSR count). The van der Waals surface area contributed by atoms with E-state index in [0.717, 1.165) is 30.6 Å². The summed E-state index contributed by atoms with van der Waals surface area (Å²) in [5.74, 6) is 2.54. The fourth-order valence-corrected chi connectivity index (χ4v) is 4.35. The minimum absolute atomic E-state index is 0.0629. The Morgan fingerprint density at radius 3 is 2.03 bits per heavy atom. The van der Waals surface area contributed by atoms with Crippen LogP contribution in [0.25, 0.3) is 0 Å². The molecule has 3 heterocycles. The summed E-state index contributed by atoms with van der Waals surface area (Å²) in [6, 6.07) is 9.08. The van der Waals surface area contributed by atoms with Gasteiger partial charge in [-0.05, 0) is 49.1 Å². The minimum Gasteiger partial charge on any atom is -0.355 e. The molecule has 6 nitrogen and oxygen atoms in total. The van der Waals surface area contributed by atoms with E-state index in [1.807, 2.05) is 11.0 Å². The number of nitrogens with zero attached hydrogens (tertiary/aromatic N) is 5. The van der Waals surface area contributed by atoms with E-state index in [1.165, 1.54) is 12.8 Å². The zero-order chi connectivity index (χ0) is 20.4. The Morgan fingerprint density at radius 2 is 1.48 bits per heavy atom. The van der Waals surface area contributed by atoms with Gasteiger partial charge in [-0.3, -0.25) is 4.79 Å². The SMILES string of the molecule is CC1CCN(c2ccc(N3CCN(C(=O)c4ccc(Cl)cc4Cl)CC3)nn2)CC1. The van der Waals surface area contributed by atoms with Crippen LogP contribution in [0.15, 0.2) is 30.3 Å². The lowest BCUT2D eigenvalue weighted by atomic mass is 9.99. The summed E-state index contributed by atoms with van der Waals surface area (Å²) >= 11 is 12.1. The van der Waals surface area contributed by atoms with Gasteiger partial charge in [0.1, 0.15) is 0 Å². The highest BCUT2D eigenvalue weighted by Gasteiger charge is 2.25. The Balaban J connectivity index is 1.35. The van der Waals surface area contributed by atoms with Crippen LogP contribution < -0.4 is 9.80 Å². The van der Waals surface area contributed by atoms with Gasteiger partial charge in [0.25, 0.3) is 5.91 Å². The van der Waals surface area contributed by atoms with Gasteiger partial charge in [-0.2, -0.15) is 0 Å². The topological polar surface area (TPSA) is 52.6 Å². The zero-order valence-corrected chi connectivity index (χ0v) is 18.0. The Morgan fingerprint density at radius 1 is 0.897 bits per heavy atom. The van der Waals surface area contributed by atoms with Crippen LogP contribution in [0.4, 0.5) is 11.6 Å². The zero-order valence-electron chi connectivity index (χ0n) is 16.5. The van der Waals surface area contributed by atoms with Gasteiger partial charge in [-0.1, -0.05) is 30.1 Å². The Labute approximate surface area is 181 Å². The first-order valence-corrected chi connectivity index (χ1v) is 10.8. The number of hydrogen-bond donors (Lipinski definition) is 0. The van der Waals surface area contributed by atoms with E-state index >= 15 is 0 Å². The Bertz CT molecular complexity index is 860. The summed E-state index contributed by atoms with van der Waals surface area (Å²) in [6.45, 7) is 7.05. The van der Waals surface area contributed by atoms with E-state index in [-0.39, 0.29) is 5.91 Å². The highest BCUT2D eigenvalue weighted by atomic mass is 35.5. The van der Waals surface area contributed by atoms with E-state index in [9.17, 15) is 4.79 Å². The van der Waals surface area contributed by atoms with Gasteiger partial charge in [0, 0.05) is 44.3 Å². The normalized spacial score (nSPS) is 18.2. The second-order valence-electron chi connectivity index (χ2n) is 7.82. The van der Waals surface area contributed by atoms with Crippen molar-refractivity contribution < 1.29 is 4.79 Å².